The van der Waals surface area contributed by atoms with Crippen LogP contribution < -0.4 is 5.32 Å². The highest BCUT2D eigenvalue weighted by molar-refractivity contribution is 5.14. The van der Waals surface area contributed by atoms with E-state index in [1.165, 1.54) is 5.56 Å². The zero-order chi connectivity index (χ0) is 12.5. The van der Waals surface area contributed by atoms with Crippen molar-refractivity contribution in [1.29, 1.82) is 0 Å². The highest BCUT2D eigenvalue weighted by Gasteiger charge is 2.00. The van der Waals surface area contributed by atoms with E-state index in [2.05, 4.69) is 40.2 Å². The Balaban J connectivity index is 2.42. The van der Waals surface area contributed by atoms with E-state index < -0.39 is 0 Å². The molecule has 0 aromatic carbocycles. The summed E-state index contributed by atoms with van der Waals surface area (Å²) in [7, 11) is 2.00. The van der Waals surface area contributed by atoms with Gasteiger partial charge in [0.2, 0.25) is 0 Å². The molecule has 3 heteroatoms. The van der Waals surface area contributed by atoms with Crippen molar-refractivity contribution >= 4 is 0 Å². The lowest BCUT2D eigenvalue weighted by Gasteiger charge is -2.12. The second-order valence-corrected chi connectivity index (χ2v) is 4.21. The molecular formula is C14H21N3. The molecular weight excluding hydrogens is 210 g/mol. The lowest BCUT2D eigenvalue weighted by atomic mass is 10.2. The van der Waals surface area contributed by atoms with Gasteiger partial charge in [-0.15, -0.1) is 6.42 Å². The van der Waals surface area contributed by atoms with Gasteiger partial charge in [-0.25, -0.2) is 0 Å². The summed E-state index contributed by atoms with van der Waals surface area (Å²) >= 11 is 0. The van der Waals surface area contributed by atoms with Crippen LogP contribution in [0.1, 0.15) is 24.6 Å². The molecule has 1 heterocycles. The average molecular weight is 231 g/mol. The maximum Gasteiger partial charge on any atom is 0.0599 e. The number of terminal acetylenes is 1. The largest absolute Gasteiger partial charge is 0.313 e. The third-order valence-electron chi connectivity index (χ3n) is 2.44. The molecule has 1 aromatic heterocycles. The van der Waals surface area contributed by atoms with E-state index in [1.54, 1.807) is 0 Å². The van der Waals surface area contributed by atoms with E-state index in [9.17, 15) is 0 Å². The maximum absolute atomic E-state index is 5.25. The van der Waals surface area contributed by atoms with E-state index in [4.69, 9.17) is 6.42 Å². The van der Waals surface area contributed by atoms with Gasteiger partial charge >= 0.3 is 0 Å². The van der Waals surface area contributed by atoms with Gasteiger partial charge in [0.25, 0.3) is 0 Å². The quantitative estimate of drug-likeness (QED) is 0.571. The Morgan fingerprint density at radius 3 is 2.88 bits per heavy atom. The van der Waals surface area contributed by atoms with Gasteiger partial charge in [0.05, 0.1) is 12.2 Å². The summed E-state index contributed by atoms with van der Waals surface area (Å²) < 4.78 is 0. The molecule has 1 rings (SSSR count). The number of nitrogens with zero attached hydrogens (tertiary/aromatic N) is 2. The van der Waals surface area contributed by atoms with Crippen LogP contribution in [0.15, 0.2) is 18.3 Å². The van der Waals surface area contributed by atoms with Crippen LogP contribution in [0.5, 0.6) is 0 Å². The van der Waals surface area contributed by atoms with Gasteiger partial charge in [0.15, 0.2) is 0 Å². The van der Waals surface area contributed by atoms with Gasteiger partial charge in [-0.3, -0.25) is 9.88 Å². The van der Waals surface area contributed by atoms with Crippen molar-refractivity contribution in [3.05, 3.63) is 29.6 Å². The lowest BCUT2D eigenvalue weighted by Crippen LogP contribution is -2.19. The first-order valence-electron chi connectivity index (χ1n) is 6.02. The predicted molar refractivity (Wildman–Crippen MR) is 71.4 cm³/mol. The number of rotatable bonds is 7. The molecule has 0 spiro atoms. The van der Waals surface area contributed by atoms with Crippen LogP contribution >= 0.6 is 0 Å². The molecule has 0 amide bonds. The van der Waals surface area contributed by atoms with Crippen molar-refractivity contribution < 1.29 is 0 Å². The Kier molecular flexibility index (Phi) is 6.31. The predicted octanol–water partition coefficient (Wildman–Crippen LogP) is 1.65. The molecule has 0 atom stereocenters. The Morgan fingerprint density at radius 2 is 2.29 bits per heavy atom. The minimum absolute atomic E-state index is 0.654. The minimum Gasteiger partial charge on any atom is -0.313 e. The summed E-state index contributed by atoms with van der Waals surface area (Å²) in [6.07, 6.45) is 8.34. The zero-order valence-electron chi connectivity index (χ0n) is 10.7. The summed E-state index contributed by atoms with van der Waals surface area (Å²) in [5.74, 6) is 2.62. The van der Waals surface area contributed by atoms with Gasteiger partial charge in [-0.05, 0) is 31.6 Å². The minimum atomic E-state index is 0.654. The molecule has 0 saturated carbocycles. The van der Waals surface area contributed by atoms with Crippen LogP contribution in [-0.4, -0.2) is 30.0 Å². The summed E-state index contributed by atoms with van der Waals surface area (Å²) in [6, 6.07) is 4.19. The number of hydrogen-bond acceptors (Lipinski definition) is 3. The molecule has 0 radical (unpaired) electrons. The second kappa shape index (κ2) is 7.83. The highest BCUT2D eigenvalue weighted by atomic mass is 15.1. The van der Waals surface area contributed by atoms with Crippen LogP contribution in [0, 0.1) is 12.3 Å². The molecule has 0 aliphatic heterocycles. The average Bonchev–Trinajstić information content (AvgIpc) is 2.32. The smallest absolute Gasteiger partial charge is 0.0599 e. The summed E-state index contributed by atoms with van der Waals surface area (Å²) in [5.41, 5.74) is 2.28. The first-order chi connectivity index (χ1) is 8.26. The fraction of sp³-hybridized carbons (Fsp3) is 0.500. The van der Waals surface area contributed by atoms with Gasteiger partial charge in [0, 0.05) is 19.3 Å². The molecule has 92 valence electrons. The van der Waals surface area contributed by atoms with Crippen molar-refractivity contribution in [2.24, 2.45) is 0 Å². The fourth-order valence-electron chi connectivity index (χ4n) is 1.55. The molecule has 0 aliphatic rings. The van der Waals surface area contributed by atoms with Crippen LogP contribution in [0.2, 0.25) is 0 Å². The van der Waals surface area contributed by atoms with E-state index in [0.717, 1.165) is 31.7 Å². The van der Waals surface area contributed by atoms with Crippen LogP contribution in [0.3, 0.4) is 0 Å². The Bertz CT molecular complexity index is 351. The van der Waals surface area contributed by atoms with Crippen molar-refractivity contribution in [1.82, 2.24) is 15.2 Å². The molecule has 0 bridgehead atoms. The summed E-state index contributed by atoms with van der Waals surface area (Å²) in [4.78, 5) is 6.50. The third kappa shape index (κ3) is 5.48. The summed E-state index contributed by atoms with van der Waals surface area (Å²) in [6.45, 7) is 5.55. The molecule has 0 saturated heterocycles. The monoisotopic (exact) mass is 231 g/mol. The van der Waals surface area contributed by atoms with Crippen LogP contribution in [-0.2, 0) is 13.1 Å². The first kappa shape index (κ1) is 13.7. The Hall–Kier alpha value is -1.37. The highest BCUT2D eigenvalue weighted by Crippen LogP contribution is 2.02. The summed E-state index contributed by atoms with van der Waals surface area (Å²) in [5, 5.41) is 3.35. The van der Waals surface area contributed by atoms with Gasteiger partial charge in [-0.1, -0.05) is 18.9 Å². The normalized spacial score (nSPS) is 10.5. The molecule has 0 fully saturated rings. The fourth-order valence-corrected chi connectivity index (χ4v) is 1.55. The van der Waals surface area contributed by atoms with Crippen molar-refractivity contribution in [3.63, 3.8) is 0 Å². The molecule has 3 nitrogen and oxygen atoms in total. The number of nitrogens with one attached hydrogen (secondary N) is 1. The molecule has 17 heavy (non-hydrogen) atoms. The van der Waals surface area contributed by atoms with E-state index in [-0.39, 0.29) is 0 Å². The Morgan fingerprint density at radius 1 is 1.47 bits per heavy atom. The van der Waals surface area contributed by atoms with Gasteiger partial charge in [-0.2, -0.15) is 0 Å². The van der Waals surface area contributed by atoms with E-state index >= 15 is 0 Å². The third-order valence-corrected chi connectivity index (χ3v) is 2.44. The lowest BCUT2D eigenvalue weighted by molar-refractivity contribution is 0.364. The molecule has 1 aromatic rings. The number of aromatic nitrogens is 1. The Labute approximate surface area is 104 Å². The number of hydrogen-bond donors (Lipinski definition) is 1. The van der Waals surface area contributed by atoms with Gasteiger partial charge < -0.3 is 5.32 Å². The standard InChI is InChI=1S/C14H21N3/c1-4-8-15-10-13-6-7-14(16-11-13)12-17(3)9-5-2/h2,6-7,11,15H,4,8-10,12H2,1,3H3. The SMILES string of the molecule is C#CCN(C)Cc1ccc(CNCCC)cn1. The van der Waals surface area contributed by atoms with Crippen molar-refractivity contribution in [2.45, 2.75) is 26.4 Å². The zero-order valence-corrected chi connectivity index (χ0v) is 10.7. The molecule has 0 unspecified atom stereocenters. The first-order valence-corrected chi connectivity index (χ1v) is 6.02. The molecule has 0 aliphatic carbocycles. The maximum atomic E-state index is 5.25. The van der Waals surface area contributed by atoms with E-state index in [1.807, 2.05) is 13.2 Å². The van der Waals surface area contributed by atoms with Crippen molar-refractivity contribution in [2.75, 3.05) is 20.1 Å². The van der Waals surface area contributed by atoms with Crippen LogP contribution in [0.4, 0.5) is 0 Å². The molecule has 1 N–H and O–H groups in total. The van der Waals surface area contributed by atoms with E-state index in [0.29, 0.717) is 6.54 Å². The van der Waals surface area contributed by atoms with Crippen molar-refractivity contribution in [3.8, 4) is 12.3 Å². The number of pyridine rings is 1. The van der Waals surface area contributed by atoms with Gasteiger partial charge in [0.1, 0.15) is 0 Å². The van der Waals surface area contributed by atoms with Crippen LogP contribution in [0.25, 0.3) is 0 Å². The second-order valence-electron chi connectivity index (χ2n) is 4.21. The topological polar surface area (TPSA) is 28.2 Å².